The summed E-state index contributed by atoms with van der Waals surface area (Å²) in [6, 6.07) is 6.11. The normalized spacial score (nSPS) is 20.2. The highest BCUT2D eigenvalue weighted by molar-refractivity contribution is 6.00. The minimum atomic E-state index is -1.02. The van der Waals surface area contributed by atoms with Gasteiger partial charge < -0.3 is 5.11 Å². The Hall–Kier alpha value is -2.21. The first-order valence-electron chi connectivity index (χ1n) is 5.88. The fourth-order valence-electron chi connectivity index (χ4n) is 2.05. The molecular formula is C13H14N2O4. The molecule has 19 heavy (non-hydrogen) atoms. The second-order valence-corrected chi connectivity index (χ2v) is 4.46. The van der Waals surface area contributed by atoms with Gasteiger partial charge in [-0.2, -0.15) is 0 Å². The molecule has 1 aliphatic heterocycles. The highest BCUT2D eigenvalue weighted by Gasteiger charge is 2.30. The van der Waals surface area contributed by atoms with Crippen molar-refractivity contribution in [2.45, 2.75) is 19.5 Å². The lowest BCUT2D eigenvalue weighted by atomic mass is 10.1. The van der Waals surface area contributed by atoms with Crippen molar-refractivity contribution < 1.29 is 19.5 Å². The molecule has 2 N–H and O–H groups in total. The van der Waals surface area contributed by atoms with Gasteiger partial charge in [-0.1, -0.05) is 18.2 Å². The molecule has 0 aliphatic carbocycles. The van der Waals surface area contributed by atoms with E-state index in [1.165, 1.54) is 6.07 Å². The summed E-state index contributed by atoms with van der Waals surface area (Å²) < 4.78 is 0. The molecule has 100 valence electrons. The van der Waals surface area contributed by atoms with E-state index in [1.807, 2.05) is 0 Å². The number of rotatable bonds is 3. The molecule has 1 aromatic rings. The Labute approximate surface area is 110 Å². The van der Waals surface area contributed by atoms with Crippen molar-refractivity contribution in [2.24, 2.45) is 0 Å². The number of carbonyl (C=O) groups is 3. The summed E-state index contributed by atoms with van der Waals surface area (Å²) in [6.45, 7) is 2.02. The van der Waals surface area contributed by atoms with Crippen LogP contribution < -0.4 is 5.32 Å². The third-order valence-corrected chi connectivity index (χ3v) is 3.16. The molecule has 1 aliphatic rings. The lowest BCUT2D eigenvalue weighted by Crippen LogP contribution is -2.56. The molecule has 6 heteroatoms. The lowest BCUT2D eigenvalue weighted by molar-refractivity contribution is -0.139. The first-order valence-corrected chi connectivity index (χ1v) is 5.88. The lowest BCUT2D eigenvalue weighted by Gasteiger charge is -2.31. The second kappa shape index (κ2) is 5.19. The quantitative estimate of drug-likeness (QED) is 0.762. The summed E-state index contributed by atoms with van der Waals surface area (Å²) in [5.74, 6) is -1.74. The highest BCUT2D eigenvalue weighted by atomic mass is 16.4. The second-order valence-electron chi connectivity index (χ2n) is 4.46. The molecule has 0 spiro atoms. The Balaban J connectivity index is 2.23. The zero-order chi connectivity index (χ0) is 14.0. The van der Waals surface area contributed by atoms with Crippen LogP contribution in [0.2, 0.25) is 0 Å². The van der Waals surface area contributed by atoms with Crippen LogP contribution in [0.25, 0.3) is 0 Å². The van der Waals surface area contributed by atoms with Crippen molar-refractivity contribution >= 4 is 17.8 Å². The van der Waals surface area contributed by atoms with Crippen LogP contribution in [-0.2, 0) is 16.1 Å². The van der Waals surface area contributed by atoms with Gasteiger partial charge in [-0.25, -0.2) is 4.79 Å². The molecule has 1 atom stereocenters. The molecule has 0 saturated carbocycles. The number of nitrogens with zero attached hydrogens (tertiary/aromatic N) is 1. The van der Waals surface area contributed by atoms with Gasteiger partial charge >= 0.3 is 5.97 Å². The Morgan fingerprint density at radius 2 is 2.11 bits per heavy atom. The van der Waals surface area contributed by atoms with E-state index in [0.717, 1.165) is 0 Å². The SMILES string of the molecule is CC1C(=O)NC(=O)CN1Cc1ccccc1C(=O)O. The third kappa shape index (κ3) is 2.79. The number of amides is 2. The van der Waals surface area contributed by atoms with Crippen LogP contribution in [0, 0.1) is 0 Å². The van der Waals surface area contributed by atoms with E-state index >= 15 is 0 Å². The van der Waals surface area contributed by atoms with Gasteiger partial charge in [-0.3, -0.25) is 19.8 Å². The molecular weight excluding hydrogens is 248 g/mol. The van der Waals surface area contributed by atoms with E-state index in [0.29, 0.717) is 5.56 Å². The average molecular weight is 262 g/mol. The fourth-order valence-corrected chi connectivity index (χ4v) is 2.05. The number of carbonyl (C=O) groups excluding carboxylic acids is 2. The maximum atomic E-state index is 11.5. The van der Waals surface area contributed by atoms with Crippen LogP contribution in [0.5, 0.6) is 0 Å². The van der Waals surface area contributed by atoms with Crippen molar-refractivity contribution in [1.82, 2.24) is 10.2 Å². The predicted octanol–water partition coefficient (Wildman–Crippen LogP) is 0.232. The molecule has 2 rings (SSSR count). The van der Waals surface area contributed by atoms with Gasteiger partial charge in [-0.05, 0) is 18.6 Å². The van der Waals surface area contributed by atoms with Crippen LogP contribution in [-0.4, -0.2) is 40.4 Å². The molecule has 6 nitrogen and oxygen atoms in total. The Kier molecular flexibility index (Phi) is 3.62. The van der Waals surface area contributed by atoms with Crippen LogP contribution in [0.4, 0.5) is 0 Å². The van der Waals surface area contributed by atoms with Gasteiger partial charge in [-0.15, -0.1) is 0 Å². The van der Waals surface area contributed by atoms with Gasteiger partial charge in [0.25, 0.3) is 0 Å². The number of hydrogen-bond donors (Lipinski definition) is 2. The van der Waals surface area contributed by atoms with Gasteiger partial charge in [0.2, 0.25) is 11.8 Å². The van der Waals surface area contributed by atoms with Crippen molar-refractivity contribution in [1.29, 1.82) is 0 Å². The fraction of sp³-hybridized carbons (Fsp3) is 0.308. The van der Waals surface area contributed by atoms with Gasteiger partial charge in [0, 0.05) is 6.54 Å². The van der Waals surface area contributed by atoms with E-state index in [2.05, 4.69) is 5.32 Å². The first kappa shape index (κ1) is 13.2. The molecule has 0 radical (unpaired) electrons. The topological polar surface area (TPSA) is 86.7 Å². The van der Waals surface area contributed by atoms with Gasteiger partial charge in [0.05, 0.1) is 18.2 Å². The molecule has 1 aromatic carbocycles. The summed E-state index contributed by atoms with van der Waals surface area (Å²) in [7, 11) is 0. The van der Waals surface area contributed by atoms with Crippen molar-refractivity contribution in [3.05, 3.63) is 35.4 Å². The predicted molar refractivity (Wildman–Crippen MR) is 66.4 cm³/mol. The molecule has 0 aromatic heterocycles. The van der Waals surface area contributed by atoms with Crippen LogP contribution >= 0.6 is 0 Å². The van der Waals surface area contributed by atoms with E-state index in [4.69, 9.17) is 5.11 Å². The van der Waals surface area contributed by atoms with Crippen molar-refractivity contribution in [2.75, 3.05) is 6.54 Å². The number of benzene rings is 1. The molecule has 1 heterocycles. The highest BCUT2D eigenvalue weighted by Crippen LogP contribution is 2.15. The number of piperazine rings is 1. The molecule has 2 amide bonds. The van der Waals surface area contributed by atoms with Crippen LogP contribution in [0.3, 0.4) is 0 Å². The summed E-state index contributed by atoms with van der Waals surface area (Å²) >= 11 is 0. The monoisotopic (exact) mass is 262 g/mol. The maximum absolute atomic E-state index is 11.5. The summed E-state index contributed by atoms with van der Waals surface area (Å²) in [5, 5.41) is 11.3. The molecule has 0 bridgehead atoms. The minimum absolute atomic E-state index is 0.0842. The number of imide groups is 1. The third-order valence-electron chi connectivity index (χ3n) is 3.16. The van der Waals surface area contributed by atoms with Gasteiger partial charge in [0.1, 0.15) is 0 Å². The summed E-state index contributed by atoms with van der Waals surface area (Å²) in [5.41, 5.74) is 0.775. The van der Waals surface area contributed by atoms with Crippen LogP contribution in [0.15, 0.2) is 24.3 Å². The molecule has 1 unspecified atom stereocenters. The average Bonchev–Trinajstić information content (AvgIpc) is 2.35. The Bertz CT molecular complexity index is 541. The number of nitrogens with one attached hydrogen (secondary N) is 1. The largest absolute Gasteiger partial charge is 0.478 e. The number of carboxylic acids is 1. The standard InChI is InChI=1S/C13H14N2O4/c1-8-12(17)14-11(16)7-15(8)6-9-4-2-3-5-10(9)13(18)19/h2-5,8H,6-7H2,1H3,(H,18,19)(H,14,16,17). The number of carboxylic acid groups (broad SMARTS) is 1. The Morgan fingerprint density at radius 1 is 1.42 bits per heavy atom. The maximum Gasteiger partial charge on any atom is 0.336 e. The van der Waals surface area contributed by atoms with E-state index in [-0.39, 0.29) is 30.5 Å². The van der Waals surface area contributed by atoms with Crippen molar-refractivity contribution in [3.8, 4) is 0 Å². The van der Waals surface area contributed by atoms with Crippen molar-refractivity contribution in [3.63, 3.8) is 0 Å². The zero-order valence-corrected chi connectivity index (χ0v) is 10.4. The smallest absolute Gasteiger partial charge is 0.336 e. The van der Waals surface area contributed by atoms with Gasteiger partial charge in [0.15, 0.2) is 0 Å². The van der Waals surface area contributed by atoms with E-state index in [9.17, 15) is 14.4 Å². The van der Waals surface area contributed by atoms with Crippen LogP contribution in [0.1, 0.15) is 22.8 Å². The van der Waals surface area contributed by atoms with E-state index in [1.54, 1.807) is 30.0 Å². The number of hydrogen-bond acceptors (Lipinski definition) is 4. The molecule has 1 saturated heterocycles. The molecule has 1 fully saturated rings. The minimum Gasteiger partial charge on any atom is -0.478 e. The Morgan fingerprint density at radius 3 is 2.79 bits per heavy atom. The summed E-state index contributed by atoms with van der Waals surface area (Å²) in [4.78, 5) is 35.6. The zero-order valence-electron chi connectivity index (χ0n) is 10.4. The summed E-state index contributed by atoms with van der Waals surface area (Å²) in [6.07, 6.45) is 0. The first-order chi connectivity index (χ1) is 8.99. The van der Waals surface area contributed by atoms with E-state index < -0.39 is 12.0 Å². The number of aromatic carboxylic acids is 1.